The quantitative estimate of drug-likeness (QED) is 0.516. The number of aromatic nitrogens is 3. The van der Waals surface area contributed by atoms with E-state index in [2.05, 4.69) is 34.3 Å². The van der Waals surface area contributed by atoms with Gasteiger partial charge in [-0.05, 0) is 36.5 Å². The maximum absolute atomic E-state index is 13.8. The third kappa shape index (κ3) is 5.51. The van der Waals surface area contributed by atoms with Gasteiger partial charge in [0.2, 0.25) is 11.9 Å². The maximum Gasteiger partial charge on any atom is 0.230 e. The zero-order valence-electron chi connectivity index (χ0n) is 18.3. The predicted octanol–water partition coefficient (Wildman–Crippen LogP) is 3.95. The molecule has 1 aromatic carbocycles. The van der Waals surface area contributed by atoms with Crippen molar-refractivity contribution >= 4 is 23.6 Å². The van der Waals surface area contributed by atoms with Crippen LogP contribution in [0.4, 0.5) is 10.3 Å². The van der Waals surface area contributed by atoms with Gasteiger partial charge in [-0.25, -0.2) is 4.39 Å². The number of hydrogen-bond donors (Lipinski definition) is 1. The van der Waals surface area contributed by atoms with E-state index in [1.54, 1.807) is 24.5 Å². The Kier molecular flexibility index (Phi) is 7.14. The highest BCUT2D eigenvalue weighted by atomic mass is 32.2. The molecule has 0 bridgehead atoms. The van der Waals surface area contributed by atoms with Crippen LogP contribution in [-0.2, 0) is 17.9 Å². The normalized spacial score (nSPS) is 18.7. The lowest BCUT2D eigenvalue weighted by molar-refractivity contribution is -0.118. The number of halogens is 1. The molecule has 2 unspecified atom stereocenters. The molecule has 1 fully saturated rings. The van der Waals surface area contributed by atoms with Gasteiger partial charge in [-0.1, -0.05) is 43.8 Å². The number of amides is 1. The number of nitrogens with zero attached hydrogens (tertiary/aromatic N) is 4. The fourth-order valence-electron chi connectivity index (χ4n) is 4.16. The van der Waals surface area contributed by atoms with Gasteiger partial charge >= 0.3 is 0 Å². The Morgan fingerprint density at radius 2 is 1.97 bits per heavy atom. The minimum absolute atomic E-state index is 0.153. The minimum atomic E-state index is -0.326. The van der Waals surface area contributed by atoms with Gasteiger partial charge in [0.05, 0.1) is 18.6 Å². The standard InChI is InChI=1S/C23H28FN5O2S/c1-16-10-17(2)13-28(12-16)22-26-27-23(29(22)14-19-7-5-9-31-19)32-15-21(30)25-11-18-6-3-4-8-20(18)24/h3-9,16-17H,10-15H2,1-2H3,(H,25,30). The summed E-state index contributed by atoms with van der Waals surface area (Å²) in [4.78, 5) is 14.7. The lowest BCUT2D eigenvalue weighted by Crippen LogP contribution is -2.40. The number of carbonyl (C=O) groups excluding carboxylic acids is 1. The van der Waals surface area contributed by atoms with E-state index < -0.39 is 0 Å². The Labute approximate surface area is 191 Å². The van der Waals surface area contributed by atoms with Crippen LogP contribution in [0.5, 0.6) is 0 Å². The molecule has 0 spiro atoms. The highest BCUT2D eigenvalue weighted by Crippen LogP contribution is 2.29. The minimum Gasteiger partial charge on any atom is -0.467 e. The average molecular weight is 458 g/mol. The van der Waals surface area contributed by atoms with Gasteiger partial charge in [-0.3, -0.25) is 9.36 Å². The SMILES string of the molecule is CC1CC(C)CN(c2nnc(SCC(=O)NCc3ccccc3F)n2Cc2ccco2)C1. The summed E-state index contributed by atoms with van der Waals surface area (Å²) in [6, 6.07) is 10.2. The molecule has 1 amide bonds. The number of piperidine rings is 1. The van der Waals surface area contributed by atoms with E-state index >= 15 is 0 Å². The second-order valence-corrected chi connectivity index (χ2v) is 9.40. The molecule has 0 saturated carbocycles. The second-order valence-electron chi connectivity index (χ2n) is 8.46. The summed E-state index contributed by atoms with van der Waals surface area (Å²) < 4.78 is 21.3. The first kappa shape index (κ1) is 22.4. The van der Waals surface area contributed by atoms with E-state index in [0.717, 1.165) is 24.8 Å². The summed E-state index contributed by atoms with van der Waals surface area (Å²) in [6.07, 6.45) is 2.85. The predicted molar refractivity (Wildman–Crippen MR) is 122 cm³/mol. The van der Waals surface area contributed by atoms with E-state index in [0.29, 0.717) is 29.1 Å². The Hall–Kier alpha value is -2.81. The molecule has 3 heterocycles. The molecular formula is C23H28FN5O2S. The molecule has 2 atom stereocenters. The molecular weight excluding hydrogens is 429 g/mol. The van der Waals surface area contributed by atoms with Gasteiger partial charge < -0.3 is 14.6 Å². The van der Waals surface area contributed by atoms with Crippen molar-refractivity contribution in [2.75, 3.05) is 23.7 Å². The number of furan rings is 1. The van der Waals surface area contributed by atoms with Crippen LogP contribution in [0.1, 0.15) is 31.6 Å². The first-order chi connectivity index (χ1) is 15.5. The first-order valence-electron chi connectivity index (χ1n) is 10.8. The molecule has 1 aliphatic heterocycles. The van der Waals surface area contributed by atoms with Crippen molar-refractivity contribution in [3.05, 3.63) is 59.8 Å². The smallest absolute Gasteiger partial charge is 0.230 e. The van der Waals surface area contributed by atoms with Crippen LogP contribution in [0.15, 0.2) is 52.2 Å². The number of nitrogens with one attached hydrogen (secondary N) is 1. The molecule has 7 nitrogen and oxygen atoms in total. The van der Waals surface area contributed by atoms with Crippen molar-refractivity contribution in [2.24, 2.45) is 11.8 Å². The van der Waals surface area contributed by atoms with Crippen LogP contribution in [0, 0.1) is 17.7 Å². The van der Waals surface area contributed by atoms with E-state index in [4.69, 9.17) is 4.42 Å². The summed E-state index contributed by atoms with van der Waals surface area (Å²) >= 11 is 1.32. The maximum atomic E-state index is 13.8. The molecule has 32 heavy (non-hydrogen) atoms. The van der Waals surface area contributed by atoms with Gasteiger partial charge in [-0.15, -0.1) is 10.2 Å². The topological polar surface area (TPSA) is 76.2 Å². The van der Waals surface area contributed by atoms with Gasteiger partial charge in [-0.2, -0.15) is 0 Å². The summed E-state index contributed by atoms with van der Waals surface area (Å²) in [5.41, 5.74) is 0.461. The summed E-state index contributed by atoms with van der Waals surface area (Å²) in [6.45, 7) is 7.01. The van der Waals surface area contributed by atoms with Crippen LogP contribution in [0.2, 0.25) is 0 Å². The van der Waals surface area contributed by atoms with E-state index in [1.165, 1.54) is 24.2 Å². The van der Waals surface area contributed by atoms with Crippen LogP contribution in [0.3, 0.4) is 0 Å². The van der Waals surface area contributed by atoms with Crippen LogP contribution in [0.25, 0.3) is 0 Å². The van der Waals surface area contributed by atoms with Gasteiger partial charge in [0.15, 0.2) is 5.16 Å². The Morgan fingerprint density at radius 3 is 2.69 bits per heavy atom. The molecule has 3 aromatic rings. The zero-order chi connectivity index (χ0) is 22.5. The third-order valence-corrected chi connectivity index (χ3v) is 6.48. The largest absolute Gasteiger partial charge is 0.467 e. The molecule has 1 N–H and O–H groups in total. The van der Waals surface area contributed by atoms with Crippen LogP contribution >= 0.6 is 11.8 Å². The second kappa shape index (κ2) is 10.2. The fourth-order valence-corrected chi connectivity index (χ4v) is 4.92. The Balaban J connectivity index is 1.45. The fraction of sp³-hybridized carbons (Fsp3) is 0.435. The van der Waals surface area contributed by atoms with Gasteiger partial charge in [0, 0.05) is 25.2 Å². The Morgan fingerprint density at radius 1 is 1.19 bits per heavy atom. The number of anilines is 1. The van der Waals surface area contributed by atoms with E-state index in [1.807, 2.05) is 16.7 Å². The van der Waals surface area contributed by atoms with Crippen molar-refractivity contribution in [1.29, 1.82) is 0 Å². The zero-order valence-corrected chi connectivity index (χ0v) is 19.1. The van der Waals surface area contributed by atoms with Gasteiger partial charge in [0.25, 0.3) is 0 Å². The lowest BCUT2D eigenvalue weighted by Gasteiger charge is -2.35. The molecule has 9 heteroatoms. The van der Waals surface area contributed by atoms with Crippen molar-refractivity contribution in [3.63, 3.8) is 0 Å². The summed E-state index contributed by atoms with van der Waals surface area (Å²) in [7, 11) is 0. The molecule has 0 aliphatic carbocycles. The molecule has 1 saturated heterocycles. The van der Waals surface area contributed by atoms with Crippen molar-refractivity contribution in [3.8, 4) is 0 Å². The molecule has 1 aliphatic rings. The third-order valence-electron chi connectivity index (χ3n) is 5.51. The van der Waals surface area contributed by atoms with Crippen LogP contribution in [-0.4, -0.2) is 39.5 Å². The van der Waals surface area contributed by atoms with E-state index in [-0.39, 0.29) is 24.0 Å². The molecule has 2 aromatic heterocycles. The molecule has 0 radical (unpaired) electrons. The number of carbonyl (C=O) groups is 1. The van der Waals surface area contributed by atoms with E-state index in [9.17, 15) is 9.18 Å². The monoisotopic (exact) mass is 457 g/mol. The first-order valence-corrected chi connectivity index (χ1v) is 11.8. The summed E-state index contributed by atoms with van der Waals surface area (Å²) in [5, 5.41) is 12.3. The van der Waals surface area contributed by atoms with Crippen molar-refractivity contribution in [1.82, 2.24) is 20.1 Å². The lowest BCUT2D eigenvalue weighted by atomic mass is 9.92. The number of thioether (sulfide) groups is 1. The highest BCUT2D eigenvalue weighted by molar-refractivity contribution is 7.99. The van der Waals surface area contributed by atoms with Crippen molar-refractivity contribution in [2.45, 2.75) is 38.5 Å². The average Bonchev–Trinajstić information content (AvgIpc) is 3.41. The number of rotatable bonds is 8. The van der Waals surface area contributed by atoms with Crippen LogP contribution < -0.4 is 10.2 Å². The number of hydrogen-bond acceptors (Lipinski definition) is 6. The molecule has 170 valence electrons. The molecule has 4 rings (SSSR count). The summed E-state index contributed by atoms with van der Waals surface area (Å²) in [5.74, 6) is 2.41. The van der Waals surface area contributed by atoms with Crippen molar-refractivity contribution < 1.29 is 13.6 Å². The van der Waals surface area contributed by atoms with Gasteiger partial charge in [0.1, 0.15) is 11.6 Å². The number of benzene rings is 1. The highest BCUT2D eigenvalue weighted by Gasteiger charge is 2.27. The Bertz CT molecular complexity index is 1030.